The molecule has 0 bridgehead atoms. The standard InChI is InChI=1S/C6H8N2.H2O4S/c1-3-6-7-4-5-8(6)2;1-5(2,3)4/h3-5H,1H2,2H3;(H2,1,2,3,4). The van der Waals surface area contributed by atoms with E-state index in [1.54, 1.807) is 12.3 Å². The van der Waals surface area contributed by atoms with Crippen molar-refractivity contribution in [3.05, 3.63) is 24.8 Å². The van der Waals surface area contributed by atoms with Gasteiger partial charge in [0.25, 0.3) is 0 Å². The predicted molar refractivity (Wildman–Crippen MR) is 47.5 cm³/mol. The maximum absolute atomic E-state index is 8.74. The minimum Gasteiger partial charge on any atom is -0.335 e. The van der Waals surface area contributed by atoms with Crippen LogP contribution in [0.5, 0.6) is 0 Å². The van der Waals surface area contributed by atoms with Gasteiger partial charge in [0.2, 0.25) is 0 Å². The Morgan fingerprint density at radius 3 is 2.23 bits per heavy atom. The number of aryl methyl sites for hydroxylation is 1. The second kappa shape index (κ2) is 4.75. The summed E-state index contributed by atoms with van der Waals surface area (Å²) in [7, 11) is -2.73. The van der Waals surface area contributed by atoms with Gasteiger partial charge >= 0.3 is 10.4 Å². The fourth-order valence-corrected chi connectivity index (χ4v) is 0.574. The van der Waals surface area contributed by atoms with Crippen LogP contribution < -0.4 is 0 Å². The third-order valence-electron chi connectivity index (χ3n) is 1.04. The summed E-state index contributed by atoms with van der Waals surface area (Å²) in [6.45, 7) is 3.58. The van der Waals surface area contributed by atoms with Crippen LogP contribution in [-0.4, -0.2) is 27.1 Å². The fraction of sp³-hybridized carbons (Fsp3) is 0.167. The Morgan fingerprint density at radius 2 is 2.08 bits per heavy atom. The smallest absolute Gasteiger partial charge is 0.335 e. The predicted octanol–water partition coefficient (Wildman–Crippen LogP) is 0.410. The van der Waals surface area contributed by atoms with Crippen LogP contribution in [0.2, 0.25) is 0 Å². The van der Waals surface area contributed by atoms with Gasteiger partial charge in [-0.25, -0.2) is 4.98 Å². The highest BCUT2D eigenvalue weighted by Gasteiger charge is 1.87. The van der Waals surface area contributed by atoms with Gasteiger partial charge in [-0.3, -0.25) is 9.11 Å². The van der Waals surface area contributed by atoms with Gasteiger partial charge in [-0.2, -0.15) is 8.42 Å². The first-order chi connectivity index (χ1) is 5.84. The molecule has 2 N–H and O–H groups in total. The van der Waals surface area contributed by atoms with E-state index >= 15 is 0 Å². The van der Waals surface area contributed by atoms with E-state index in [2.05, 4.69) is 11.6 Å². The van der Waals surface area contributed by atoms with Gasteiger partial charge < -0.3 is 4.57 Å². The first-order valence-electron chi connectivity index (χ1n) is 3.14. The molecule has 0 aromatic carbocycles. The lowest BCUT2D eigenvalue weighted by Gasteiger charge is -1.89. The van der Waals surface area contributed by atoms with Crippen molar-refractivity contribution in [2.24, 2.45) is 7.05 Å². The molecule has 0 radical (unpaired) electrons. The highest BCUT2D eigenvalue weighted by Crippen LogP contribution is 1.92. The normalized spacial score (nSPS) is 10.1. The molecule has 1 heterocycles. The Bertz CT molecular complexity index is 360. The molecule has 6 nitrogen and oxygen atoms in total. The molecule has 0 spiro atoms. The van der Waals surface area contributed by atoms with Crippen molar-refractivity contribution in [3.63, 3.8) is 0 Å². The molecular formula is C6H10N2O4S. The number of hydrogen-bond acceptors (Lipinski definition) is 3. The van der Waals surface area contributed by atoms with Gasteiger partial charge in [-0.05, 0) is 6.08 Å². The maximum atomic E-state index is 8.74. The number of imidazole rings is 1. The van der Waals surface area contributed by atoms with Crippen LogP contribution in [-0.2, 0) is 17.4 Å². The summed E-state index contributed by atoms with van der Waals surface area (Å²) in [5.41, 5.74) is 0. The van der Waals surface area contributed by atoms with E-state index in [1.807, 2.05) is 17.8 Å². The summed E-state index contributed by atoms with van der Waals surface area (Å²) in [4.78, 5) is 3.98. The first-order valence-corrected chi connectivity index (χ1v) is 4.54. The van der Waals surface area contributed by atoms with Gasteiger partial charge in [-0.1, -0.05) is 6.58 Å². The topological polar surface area (TPSA) is 92.4 Å². The molecule has 13 heavy (non-hydrogen) atoms. The van der Waals surface area contributed by atoms with Crippen molar-refractivity contribution in [2.75, 3.05) is 0 Å². The zero-order valence-electron chi connectivity index (χ0n) is 6.95. The summed E-state index contributed by atoms with van der Waals surface area (Å²) in [5, 5.41) is 0. The van der Waals surface area contributed by atoms with Crippen molar-refractivity contribution in [1.82, 2.24) is 9.55 Å². The summed E-state index contributed by atoms with van der Waals surface area (Å²) in [5.74, 6) is 0.907. The summed E-state index contributed by atoms with van der Waals surface area (Å²) in [6.07, 6.45) is 5.36. The van der Waals surface area contributed by atoms with Crippen molar-refractivity contribution in [3.8, 4) is 0 Å². The maximum Gasteiger partial charge on any atom is 0.394 e. The fourth-order valence-electron chi connectivity index (χ4n) is 0.574. The van der Waals surface area contributed by atoms with E-state index in [0.717, 1.165) is 5.82 Å². The molecule has 0 aliphatic rings. The average Bonchev–Trinajstić information content (AvgIpc) is 2.31. The van der Waals surface area contributed by atoms with Crippen LogP contribution >= 0.6 is 0 Å². The molecule has 74 valence electrons. The molecule has 0 unspecified atom stereocenters. The van der Waals surface area contributed by atoms with Crippen LogP contribution in [0.25, 0.3) is 6.08 Å². The number of hydrogen-bond donors (Lipinski definition) is 2. The zero-order chi connectivity index (χ0) is 10.5. The van der Waals surface area contributed by atoms with E-state index in [1.165, 1.54) is 0 Å². The van der Waals surface area contributed by atoms with Crippen LogP contribution in [0.15, 0.2) is 19.0 Å². The lowest BCUT2D eigenvalue weighted by Crippen LogP contribution is -1.89. The molecule has 1 aromatic heterocycles. The molecule has 7 heteroatoms. The third kappa shape index (κ3) is 7.19. The third-order valence-corrected chi connectivity index (χ3v) is 1.04. The average molecular weight is 206 g/mol. The monoisotopic (exact) mass is 206 g/mol. The minimum absolute atomic E-state index is 0.907. The molecule has 0 aliphatic carbocycles. The molecule has 0 fully saturated rings. The van der Waals surface area contributed by atoms with Gasteiger partial charge in [0, 0.05) is 19.4 Å². The lowest BCUT2D eigenvalue weighted by atomic mass is 10.6. The highest BCUT2D eigenvalue weighted by molar-refractivity contribution is 7.79. The van der Waals surface area contributed by atoms with E-state index in [0.29, 0.717) is 0 Å². The van der Waals surface area contributed by atoms with E-state index in [9.17, 15) is 0 Å². The Kier molecular flexibility index (Phi) is 4.32. The van der Waals surface area contributed by atoms with Crippen LogP contribution in [0, 0.1) is 0 Å². The van der Waals surface area contributed by atoms with E-state index in [-0.39, 0.29) is 0 Å². The summed E-state index contributed by atoms with van der Waals surface area (Å²) < 4.78 is 33.5. The van der Waals surface area contributed by atoms with Gasteiger partial charge in [0.05, 0.1) is 0 Å². The van der Waals surface area contributed by atoms with Crippen LogP contribution in [0.4, 0.5) is 0 Å². The second-order valence-electron chi connectivity index (χ2n) is 2.05. The first kappa shape index (κ1) is 11.8. The lowest BCUT2D eigenvalue weighted by molar-refractivity contribution is 0.381. The van der Waals surface area contributed by atoms with Crippen LogP contribution in [0.1, 0.15) is 5.82 Å². The van der Waals surface area contributed by atoms with Gasteiger partial charge in [-0.15, -0.1) is 0 Å². The Hall–Kier alpha value is -1.18. The number of aromatic nitrogens is 2. The quantitative estimate of drug-likeness (QED) is 0.649. The van der Waals surface area contributed by atoms with Crippen LogP contribution in [0.3, 0.4) is 0 Å². The molecule has 1 aromatic rings. The zero-order valence-corrected chi connectivity index (χ0v) is 7.77. The molecule has 0 atom stereocenters. The van der Waals surface area contributed by atoms with Crippen molar-refractivity contribution in [2.45, 2.75) is 0 Å². The number of nitrogens with zero attached hydrogens (tertiary/aromatic N) is 2. The highest BCUT2D eigenvalue weighted by atomic mass is 32.3. The molecule has 0 amide bonds. The van der Waals surface area contributed by atoms with Gasteiger partial charge in [0.1, 0.15) is 5.82 Å². The SMILES string of the molecule is C=Cc1nccn1C.O=S(=O)(O)O. The number of rotatable bonds is 1. The molecule has 0 saturated heterocycles. The minimum atomic E-state index is -4.67. The van der Waals surface area contributed by atoms with Crippen molar-refractivity contribution >= 4 is 16.5 Å². The van der Waals surface area contributed by atoms with E-state index in [4.69, 9.17) is 17.5 Å². The molecule has 1 rings (SSSR count). The van der Waals surface area contributed by atoms with Crippen molar-refractivity contribution in [1.29, 1.82) is 0 Å². The largest absolute Gasteiger partial charge is 0.394 e. The summed E-state index contributed by atoms with van der Waals surface area (Å²) in [6, 6.07) is 0. The van der Waals surface area contributed by atoms with Gasteiger partial charge in [0.15, 0.2) is 0 Å². The Morgan fingerprint density at radius 1 is 1.62 bits per heavy atom. The summed E-state index contributed by atoms with van der Waals surface area (Å²) >= 11 is 0. The van der Waals surface area contributed by atoms with E-state index < -0.39 is 10.4 Å². The Balaban J connectivity index is 0.000000252. The Labute approximate surface area is 76.1 Å². The van der Waals surface area contributed by atoms with Crippen molar-refractivity contribution < 1.29 is 17.5 Å². The molecule has 0 aliphatic heterocycles. The molecule has 0 saturated carbocycles. The molecular weight excluding hydrogens is 196 g/mol. The second-order valence-corrected chi connectivity index (χ2v) is 2.94.